The first-order valence-corrected chi connectivity index (χ1v) is 6.36. The number of carbonyl (C=O) groups is 1. The second kappa shape index (κ2) is 6.36. The van der Waals surface area contributed by atoms with Crippen molar-refractivity contribution in [3.63, 3.8) is 0 Å². The third kappa shape index (κ3) is 4.00. The zero-order valence-corrected chi connectivity index (χ0v) is 10.7. The molecule has 1 saturated heterocycles. The summed E-state index contributed by atoms with van der Waals surface area (Å²) in [5.74, 6) is 0.0731. The number of ether oxygens (including phenoxy) is 1. The number of nitrogens with zero attached hydrogens (tertiary/aromatic N) is 1. The smallest absolute Gasteiger partial charge is 0.246 e. The third-order valence-electron chi connectivity index (χ3n) is 2.96. The molecule has 1 amide bonds. The largest absolute Gasteiger partial charge is 0.371 e. The van der Waals surface area contributed by atoms with Crippen molar-refractivity contribution in [2.24, 2.45) is 0 Å². The quantitative estimate of drug-likeness (QED) is 0.567. The molecule has 1 aliphatic heterocycles. The Labute approximate surface area is 108 Å². The average Bonchev–Trinajstić information content (AvgIpc) is 3.20. The number of hydrogen-bond acceptors (Lipinski definition) is 2. The molecule has 1 fully saturated rings. The van der Waals surface area contributed by atoms with E-state index in [1.807, 2.05) is 30.0 Å². The van der Waals surface area contributed by atoms with Gasteiger partial charge in [0.25, 0.3) is 0 Å². The number of allylic oxidation sites excluding steroid dienone is 1. The Morgan fingerprint density at radius 2 is 2.17 bits per heavy atom. The summed E-state index contributed by atoms with van der Waals surface area (Å²) in [6, 6.07) is 10.2. The summed E-state index contributed by atoms with van der Waals surface area (Å²) in [4.78, 5) is 13.8. The summed E-state index contributed by atoms with van der Waals surface area (Å²) >= 11 is 0. The summed E-state index contributed by atoms with van der Waals surface area (Å²) in [5.41, 5.74) is 1.26. The molecule has 2 rings (SSSR count). The first-order chi connectivity index (χ1) is 8.79. The number of carbonyl (C=O) groups excluding carboxylic acids is 1. The topological polar surface area (TPSA) is 32.8 Å². The molecule has 1 aromatic carbocycles. The van der Waals surface area contributed by atoms with Crippen molar-refractivity contribution in [2.75, 3.05) is 19.7 Å². The fourth-order valence-corrected chi connectivity index (χ4v) is 1.87. The number of amides is 1. The summed E-state index contributed by atoms with van der Waals surface area (Å²) < 4.78 is 5.20. The van der Waals surface area contributed by atoms with Gasteiger partial charge >= 0.3 is 0 Å². The minimum absolute atomic E-state index is 0.0731. The van der Waals surface area contributed by atoms with Crippen molar-refractivity contribution >= 4 is 5.91 Å². The van der Waals surface area contributed by atoms with Crippen molar-refractivity contribution in [2.45, 2.75) is 19.4 Å². The highest BCUT2D eigenvalue weighted by molar-refractivity contribution is 5.87. The van der Waals surface area contributed by atoms with Crippen LogP contribution in [0.25, 0.3) is 0 Å². The molecule has 18 heavy (non-hydrogen) atoms. The van der Waals surface area contributed by atoms with Gasteiger partial charge in [-0.3, -0.25) is 4.79 Å². The van der Waals surface area contributed by atoms with Crippen LogP contribution in [-0.4, -0.2) is 36.6 Å². The molecule has 0 bridgehead atoms. The highest BCUT2D eigenvalue weighted by Crippen LogP contribution is 2.12. The van der Waals surface area contributed by atoms with Gasteiger partial charge in [0.2, 0.25) is 5.91 Å². The lowest BCUT2D eigenvalue weighted by molar-refractivity contribution is -0.126. The predicted molar refractivity (Wildman–Crippen MR) is 71.3 cm³/mol. The van der Waals surface area contributed by atoms with Gasteiger partial charge in [-0.05, 0) is 25.0 Å². The van der Waals surface area contributed by atoms with Crippen molar-refractivity contribution in [3.8, 4) is 0 Å². The number of hydrogen-bond donors (Lipinski definition) is 0. The molecular weight excluding hydrogens is 226 g/mol. The Balaban J connectivity index is 1.89. The molecule has 0 spiro atoms. The van der Waals surface area contributed by atoms with Gasteiger partial charge in [0.15, 0.2) is 0 Å². The summed E-state index contributed by atoms with van der Waals surface area (Å²) in [7, 11) is 0. The second-order valence-corrected chi connectivity index (χ2v) is 4.48. The van der Waals surface area contributed by atoms with Crippen molar-refractivity contribution < 1.29 is 9.53 Å². The lowest BCUT2D eigenvalue weighted by atomic mass is 10.1. The van der Waals surface area contributed by atoms with Gasteiger partial charge in [-0.1, -0.05) is 36.4 Å². The number of benzene rings is 1. The van der Waals surface area contributed by atoms with Crippen LogP contribution < -0.4 is 0 Å². The molecule has 0 saturated carbocycles. The monoisotopic (exact) mass is 245 g/mol. The van der Waals surface area contributed by atoms with E-state index in [2.05, 4.69) is 12.1 Å². The van der Waals surface area contributed by atoms with Crippen LogP contribution in [0.15, 0.2) is 42.5 Å². The van der Waals surface area contributed by atoms with E-state index >= 15 is 0 Å². The maximum Gasteiger partial charge on any atom is 0.246 e. The predicted octanol–water partition coefficient (Wildman–Crippen LogP) is 2.03. The zero-order valence-electron chi connectivity index (χ0n) is 10.7. The fraction of sp³-hybridized carbons (Fsp3) is 0.400. The van der Waals surface area contributed by atoms with Crippen LogP contribution in [0.1, 0.15) is 12.5 Å². The normalized spacial score (nSPS) is 17.9. The molecule has 1 aromatic rings. The Morgan fingerprint density at radius 3 is 2.78 bits per heavy atom. The van der Waals surface area contributed by atoms with Crippen molar-refractivity contribution in [3.05, 3.63) is 48.0 Å². The maximum absolute atomic E-state index is 11.9. The van der Waals surface area contributed by atoms with Crippen LogP contribution in [0.5, 0.6) is 0 Å². The summed E-state index contributed by atoms with van der Waals surface area (Å²) in [6.45, 7) is 4.09. The molecular formula is C15H19NO2. The van der Waals surface area contributed by atoms with Gasteiger partial charge in [0.05, 0.1) is 12.7 Å². The standard InChI is InChI=1S/C15H19NO2/c1-2-6-15(17)16(11-14-12-18-14)10-9-13-7-4-3-5-8-13/h2-8,14H,9-12H2,1H3. The van der Waals surface area contributed by atoms with Crippen molar-refractivity contribution in [1.82, 2.24) is 4.90 Å². The number of rotatable bonds is 6. The summed E-state index contributed by atoms with van der Waals surface area (Å²) in [6.07, 6.45) is 4.53. The first-order valence-electron chi connectivity index (χ1n) is 6.36. The molecule has 3 heteroatoms. The third-order valence-corrected chi connectivity index (χ3v) is 2.96. The minimum Gasteiger partial charge on any atom is -0.371 e. The van der Waals surface area contributed by atoms with Gasteiger partial charge < -0.3 is 9.64 Å². The van der Waals surface area contributed by atoms with Crippen LogP contribution in [0.3, 0.4) is 0 Å². The lowest BCUT2D eigenvalue weighted by Gasteiger charge is -2.20. The van der Waals surface area contributed by atoms with Crippen LogP contribution in [0.4, 0.5) is 0 Å². The molecule has 3 nitrogen and oxygen atoms in total. The SMILES string of the molecule is CC=CC(=O)N(CCc1ccccc1)CC1CO1. The lowest BCUT2D eigenvalue weighted by Crippen LogP contribution is -2.34. The van der Waals surface area contributed by atoms with E-state index in [1.165, 1.54) is 5.56 Å². The molecule has 1 aliphatic rings. The molecule has 1 unspecified atom stereocenters. The fourth-order valence-electron chi connectivity index (χ4n) is 1.87. The average molecular weight is 245 g/mol. The van der Waals surface area contributed by atoms with Crippen LogP contribution in [0, 0.1) is 0 Å². The van der Waals surface area contributed by atoms with Gasteiger partial charge in [-0.25, -0.2) is 0 Å². The van der Waals surface area contributed by atoms with Gasteiger partial charge in [-0.15, -0.1) is 0 Å². The maximum atomic E-state index is 11.9. The molecule has 0 aliphatic carbocycles. The van der Waals surface area contributed by atoms with Crippen LogP contribution in [0.2, 0.25) is 0 Å². The van der Waals surface area contributed by atoms with E-state index in [0.29, 0.717) is 6.54 Å². The Bertz CT molecular complexity index is 410. The van der Waals surface area contributed by atoms with E-state index in [1.54, 1.807) is 12.2 Å². The highest BCUT2D eigenvalue weighted by atomic mass is 16.6. The highest BCUT2D eigenvalue weighted by Gasteiger charge is 2.26. The second-order valence-electron chi connectivity index (χ2n) is 4.48. The van der Waals surface area contributed by atoms with Crippen molar-refractivity contribution in [1.29, 1.82) is 0 Å². The van der Waals surface area contributed by atoms with E-state index in [9.17, 15) is 4.79 Å². The van der Waals surface area contributed by atoms with Crippen LogP contribution >= 0.6 is 0 Å². The molecule has 0 radical (unpaired) electrons. The molecule has 0 aromatic heterocycles. The molecule has 96 valence electrons. The van der Waals surface area contributed by atoms with Crippen LogP contribution in [-0.2, 0) is 16.0 Å². The minimum atomic E-state index is 0.0731. The van der Waals surface area contributed by atoms with E-state index < -0.39 is 0 Å². The first kappa shape index (κ1) is 12.8. The molecule has 0 N–H and O–H groups in total. The summed E-state index contributed by atoms with van der Waals surface area (Å²) in [5, 5.41) is 0. The van der Waals surface area contributed by atoms with Gasteiger partial charge in [-0.2, -0.15) is 0 Å². The van der Waals surface area contributed by atoms with E-state index in [-0.39, 0.29) is 12.0 Å². The van der Waals surface area contributed by atoms with Gasteiger partial charge in [0.1, 0.15) is 0 Å². The molecule has 1 heterocycles. The van der Waals surface area contributed by atoms with Gasteiger partial charge in [0, 0.05) is 13.1 Å². The zero-order chi connectivity index (χ0) is 12.8. The van der Waals surface area contributed by atoms with E-state index in [0.717, 1.165) is 19.6 Å². The number of epoxide rings is 1. The Kier molecular flexibility index (Phi) is 4.53. The Morgan fingerprint density at radius 1 is 1.44 bits per heavy atom. The van der Waals surface area contributed by atoms with E-state index in [4.69, 9.17) is 4.74 Å². The Hall–Kier alpha value is -1.61. The molecule has 1 atom stereocenters.